The van der Waals surface area contributed by atoms with Gasteiger partial charge in [-0.3, -0.25) is 9.78 Å². The van der Waals surface area contributed by atoms with Crippen molar-refractivity contribution in [3.63, 3.8) is 0 Å². The molecule has 3 heteroatoms. The highest BCUT2D eigenvalue weighted by Gasteiger charge is 2.48. The van der Waals surface area contributed by atoms with Gasteiger partial charge < -0.3 is 5.32 Å². The number of pyridine rings is 1. The Balaban J connectivity index is 1.33. The fourth-order valence-corrected chi connectivity index (χ4v) is 6.23. The fraction of sp³-hybridized carbons (Fsp3) is 0.118. The maximum absolute atomic E-state index is 14.1. The highest BCUT2D eigenvalue weighted by molar-refractivity contribution is 6.03. The molecule has 5 aromatic carbocycles. The van der Waals surface area contributed by atoms with E-state index in [9.17, 15) is 4.79 Å². The van der Waals surface area contributed by atoms with Crippen LogP contribution in [-0.4, -0.2) is 10.9 Å². The van der Waals surface area contributed by atoms with Gasteiger partial charge in [-0.2, -0.15) is 0 Å². The molecule has 1 aliphatic rings. The molecule has 1 fully saturated rings. The Kier molecular flexibility index (Phi) is 5.21. The molecule has 3 atom stereocenters. The number of fused-ring (bicyclic) bond motifs is 3. The number of anilines is 1. The first-order valence-corrected chi connectivity index (χ1v) is 12.9. The van der Waals surface area contributed by atoms with Gasteiger partial charge in [0.2, 0.25) is 5.91 Å². The van der Waals surface area contributed by atoms with Crippen LogP contribution in [0.15, 0.2) is 121 Å². The van der Waals surface area contributed by atoms with Crippen LogP contribution in [0.2, 0.25) is 0 Å². The zero-order chi connectivity index (χ0) is 24.8. The van der Waals surface area contributed by atoms with Crippen molar-refractivity contribution in [2.24, 2.45) is 5.92 Å². The average molecular weight is 479 g/mol. The zero-order valence-corrected chi connectivity index (χ0v) is 20.3. The largest absolute Gasteiger partial charge is 0.324 e. The first-order chi connectivity index (χ1) is 18.3. The molecule has 0 radical (unpaired) electrons. The second-order valence-electron chi connectivity index (χ2n) is 9.98. The lowest BCUT2D eigenvalue weighted by atomic mass is 9.58. The Morgan fingerprint density at radius 1 is 0.622 bits per heavy atom. The van der Waals surface area contributed by atoms with Crippen molar-refractivity contribution in [2.45, 2.75) is 18.3 Å². The van der Waals surface area contributed by atoms with Crippen molar-refractivity contribution < 1.29 is 4.79 Å². The molecule has 1 unspecified atom stereocenters. The number of aromatic nitrogens is 1. The van der Waals surface area contributed by atoms with E-state index < -0.39 is 0 Å². The highest BCUT2D eigenvalue weighted by Crippen LogP contribution is 2.55. The third-order valence-corrected chi connectivity index (χ3v) is 8.01. The number of amides is 1. The molecule has 1 amide bonds. The molecule has 1 heterocycles. The molecule has 6 aromatic rings. The third kappa shape index (κ3) is 3.66. The van der Waals surface area contributed by atoms with Gasteiger partial charge >= 0.3 is 0 Å². The number of carbonyl (C=O) groups is 1. The highest BCUT2D eigenvalue weighted by atomic mass is 16.2. The van der Waals surface area contributed by atoms with Gasteiger partial charge in [0.15, 0.2) is 0 Å². The quantitative estimate of drug-likeness (QED) is 0.278. The summed E-state index contributed by atoms with van der Waals surface area (Å²) in [7, 11) is 0. The lowest BCUT2D eigenvalue weighted by Crippen LogP contribution is -2.42. The van der Waals surface area contributed by atoms with E-state index in [1.165, 1.54) is 32.7 Å². The molecule has 0 aliphatic heterocycles. The minimum absolute atomic E-state index is 0.0558. The van der Waals surface area contributed by atoms with Crippen LogP contribution < -0.4 is 5.32 Å². The lowest BCUT2D eigenvalue weighted by Gasteiger charge is -2.45. The summed E-state index contributed by atoms with van der Waals surface area (Å²) in [4.78, 5) is 18.7. The van der Waals surface area contributed by atoms with Crippen molar-refractivity contribution in [1.29, 1.82) is 0 Å². The summed E-state index contributed by atoms with van der Waals surface area (Å²) in [6.45, 7) is 0. The summed E-state index contributed by atoms with van der Waals surface area (Å²) >= 11 is 0. The van der Waals surface area contributed by atoms with E-state index in [1.54, 1.807) is 6.20 Å². The molecule has 0 bridgehead atoms. The third-order valence-electron chi connectivity index (χ3n) is 8.01. The molecule has 1 aliphatic carbocycles. The number of carbonyl (C=O) groups excluding carboxylic acids is 1. The molecule has 0 saturated heterocycles. The van der Waals surface area contributed by atoms with Gasteiger partial charge in [0, 0.05) is 11.6 Å². The Bertz CT molecular complexity index is 1690. The second-order valence-corrected chi connectivity index (χ2v) is 9.98. The second kappa shape index (κ2) is 8.86. The monoisotopic (exact) mass is 478 g/mol. The number of nitrogens with zero attached hydrogens (tertiary/aromatic N) is 1. The van der Waals surface area contributed by atoms with Gasteiger partial charge in [-0.1, -0.05) is 103 Å². The maximum atomic E-state index is 14.1. The van der Waals surface area contributed by atoms with Crippen LogP contribution in [0.4, 0.5) is 5.69 Å². The predicted octanol–water partition coefficient (Wildman–Crippen LogP) is 8.07. The molecule has 1 aromatic heterocycles. The van der Waals surface area contributed by atoms with E-state index in [2.05, 4.69) is 95.2 Å². The summed E-state index contributed by atoms with van der Waals surface area (Å²) in [5.74, 6) is 0.145. The fourth-order valence-electron chi connectivity index (χ4n) is 6.23. The molecule has 37 heavy (non-hydrogen) atoms. The van der Waals surface area contributed by atoms with Crippen LogP contribution >= 0.6 is 0 Å². The summed E-state index contributed by atoms with van der Waals surface area (Å²) in [5.41, 5.74) is 4.10. The summed E-state index contributed by atoms with van der Waals surface area (Å²) < 4.78 is 0. The molecule has 1 saturated carbocycles. The molecule has 178 valence electrons. The van der Waals surface area contributed by atoms with Crippen molar-refractivity contribution in [3.8, 4) is 0 Å². The van der Waals surface area contributed by atoms with Crippen LogP contribution in [0.25, 0.3) is 32.4 Å². The lowest BCUT2D eigenvalue weighted by molar-refractivity contribution is -0.124. The molecule has 7 rings (SSSR count). The number of hydrogen-bond acceptors (Lipinski definition) is 2. The van der Waals surface area contributed by atoms with Crippen LogP contribution in [0.1, 0.15) is 29.4 Å². The van der Waals surface area contributed by atoms with Gasteiger partial charge in [0.1, 0.15) is 0 Å². The van der Waals surface area contributed by atoms with Gasteiger partial charge in [0.05, 0.1) is 17.1 Å². The van der Waals surface area contributed by atoms with Gasteiger partial charge in [0.25, 0.3) is 0 Å². The van der Waals surface area contributed by atoms with Gasteiger partial charge in [-0.05, 0) is 63.1 Å². The molecular formula is C34H26N2O. The topological polar surface area (TPSA) is 42.0 Å². The van der Waals surface area contributed by atoms with E-state index in [4.69, 9.17) is 0 Å². The Morgan fingerprint density at radius 2 is 1.16 bits per heavy atom. The van der Waals surface area contributed by atoms with Crippen LogP contribution in [-0.2, 0) is 4.79 Å². The van der Waals surface area contributed by atoms with Gasteiger partial charge in [-0.25, -0.2) is 0 Å². The first kappa shape index (κ1) is 21.8. The zero-order valence-electron chi connectivity index (χ0n) is 20.3. The van der Waals surface area contributed by atoms with Crippen molar-refractivity contribution >= 4 is 44.0 Å². The van der Waals surface area contributed by atoms with Crippen molar-refractivity contribution in [2.75, 3.05) is 5.32 Å². The number of hydrogen-bond donors (Lipinski definition) is 1. The molecule has 0 spiro atoms. The first-order valence-electron chi connectivity index (χ1n) is 12.9. The minimum Gasteiger partial charge on any atom is -0.324 e. The summed E-state index contributed by atoms with van der Waals surface area (Å²) in [5, 5.41) is 9.19. The Hall–Kier alpha value is -4.50. The van der Waals surface area contributed by atoms with E-state index in [-0.39, 0.29) is 23.7 Å². The Labute approximate surface area is 215 Å². The van der Waals surface area contributed by atoms with Crippen LogP contribution in [0.5, 0.6) is 0 Å². The number of benzene rings is 5. The van der Waals surface area contributed by atoms with Crippen LogP contribution in [0, 0.1) is 5.92 Å². The molecule has 3 nitrogen and oxygen atoms in total. The van der Waals surface area contributed by atoms with E-state index in [1.807, 2.05) is 30.3 Å². The maximum Gasteiger partial charge on any atom is 0.228 e. The number of nitrogens with one attached hydrogen (secondary N) is 1. The van der Waals surface area contributed by atoms with Crippen molar-refractivity contribution in [1.82, 2.24) is 4.98 Å². The average Bonchev–Trinajstić information content (AvgIpc) is 2.93. The smallest absolute Gasteiger partial charge is 0.228 e. The van der Waals surface area contributed by atoms with Crippen LogP contribution in [0.3, 0.4) is 0 Å². The predicted molar refractivity (Wildman–Crippen MR) is 152 cm³/mol. The number of para-hydroxylation sites is 1. The van der Waals surface area contributed by atoms with Gasteiger partial charge in [-0.15, -0.1) is 0 Å². The standard InChI is InChI=1S/C34H26N2O/c37-34(36-31-19-7-13-24-14-8-20-35-33(24)31)32-29(27-17-5-11-22-9-1-3-15-25(22)27)21-30(32)28-18-6-12-23-10-2-4-16-26(23)28/h1-20,29-30,32H,21H2,(H,36,37)/t29-,30+,32?. The van der Waals surface area contributed by atoms with E-state index in [0.29, 0.717) is 0 Å². The van der Waals surface area contributed by atoms with Crippen molar-refractivity contribution in [3.05, 3.63) is 133 Å². The number of rotatable bonds is 4. The normalized spacial score (nSPS) is 19.1. The SMILES string of the molecule is O=C(Nc1cccc2cccnc12)C1[C@@H](c2cccc3ccccc23)C[C@H]1c1cccc2ccccc12. The van der Waals surface area contributed by atoms with E-state index >= 15 is 0 Å². The summed E-state index contributed by atoms with van der Waals surface area (Å²) in [6, 6.07) is 39.8. The molecular weight excluding hydrogens is 452 g/mol. The Morgan fingerprint density at radius 3 is 1.84 bits per heavy atom. The summed E-state index contributed by atoms with van der Waals surface area (Å²) in [6.07, 6.45) is 2.72. The minimum atomic E-state index is -0.185. The molecule has 1 N–H and O–H groups in total. The van der Waals surface area contributed by atoms with E-state index in [0.717, 1.165) is 23.0 Å².